The van der Waals surface area contributed by atoms with E-state index >= 15 is 0 Å². The second-order valence-electron chi connectivity index (χ2n) is 4.53. The van der Waals surface area contributed by atoms with Crippen molar-refractivity contribution in [1.82, 2.24) is 20.6 Å². The van der Waals surface area contributed by atoms with E-state index in [0.29, 0.717) is 16.5 Å². The summed E-state index contributed by atoms with van der Waals surface area (Å²) in [5, 5.41) is 10.7. The third-order valence-electron chi connectivity index (χ3n) is 2.82. The molecule has 3 rings (SSSR count). The van der Waals surface area contributed by atoms with E-state index in [1.807, 2.05) is 0 Å². The molecule has 0 fully saturated rings. The van der Waals surface area contributed by atoms with Gasteiger partial charge in [-0.05, 0) is 31.2 Å². The smallest absolute Gasteiger partial charge is 0.290 e. The number of benzene rings is 1. The van der Waals surface area contributed by atoms with Gasteiger partial charge < -0.3 is 14.4 Å². The van der Waals surface area contributed by atoms with Crippen molar-refractivity contribution in [2.75, 3.05) is 0 Å². The Bertz CT molecular complexity index is 795. The van der Waals surface area contributed by atoms with Gasteiger partial charge in [-0.15, -0.1) is 0 Å². The molecule has 1 aromatic carbocycles. The first-order valence-corrected chi connectivity index (χ1v) is 6.79. The summed E-state index contributed by atoms with van der Waals surface area (Å²) in [5.41, 5.74) is 1.41. The van der Waals surface area contributed by atoms with Gasteiger partial charge in [-0.3, -0.25) is 4.79 Å². The normalized spacial score (nSPS) is 10.6. The molecule has 8 heteroatoms. The molecule has 2 aromatic heterocycles. The van der Waals surface area contributed by atoms with Crippen molar-refractivity contribution < 1.29 is 13.8 Å². The van der Waals surface area contributed by atoms with Crippen LogP contribution in [0.25, 0.3) is 11.4 Å². The van der Waals surface area contributed by atoms with Crippen LogP contribution < -0.4 is 5.32 Å². The number of nitrogens with one attached hydrogen (secondary N) is 1. The zero-order chi connectivity index (χ0) is 15.5. The van der Waals surface area contributed by atoms with Crippen LogP contribution in [0, 0.1) is 6.92 Å². The minimum absolute atomic E-state index is 0.0964. The van der Waals surface area contributed by atoms with Gasteiger partial charge in [0.05, 0.1) is 12.2 Å². The summed E-state index contributed by atoms with van der Waals surface area (Å²) in [6.45, 7) is 1.83. The highest BCUT2D eigenvalue weighted by Crippen LogP contribution is 2.18. The molecular weight excluding hydrogens is 308 g/mol. The summed E-state index contributed by atoms with van der Waals surface area (Å²) in [4.78, 5) is 16.0. The summed E-state index contributed by atoms with van der Waals surface area (Å²) < 4.78 is 9.94. The fourth-order valence-electron chi connectivity index (χ4n) is 1.76. The first-order chi connectivity index (χ1) is 10.6. The lowest BCUT2D eigenvalue weighted by Gasteiger charge is -1.97. The number of nitrogens with zero attached hydrogens (tertiary/aromatic N) is 3. The van der Waals surface area contributed by atoms with Gasteiger partial charge in [-0.1, -0.05) is 21.9 Å². The van der Waals surface area contributed by atoms with Crippen LogP contribution in [0.3, 0.4) is 0 Å². The van der Waals surface area contributed by atoms with Crippen molar-refractivity contribution >= 4 is 17.5 Å². The highest BCUT2D eigenvalue weighted by atomic mass is 35.5. The summed E-state index contributed by atoms with van der Waals surface area (Å²) in [5.74, 6) is 0.452. The number of carbonyl (C=O) groups is 1. The molecule has 0 saturated carbocycles. The summed E-state index contributed by atoms with van der Waals surface area (Å²) in [6.07, 6.45) is 0. The van der Waals surface area contributed by atoms with E-state index in [1.165, 1.54) is 0 Å². The SMILES string of the molecule is Cc1cc(C(=O)NCc2nc(-c3ccc(Cl)cc3)no2)on1. The Morgan fingerprint density at radius 2 is 2.00 bits per heavy atom. The number of hydrogen-bond acceptors (Lipinski definition) is 6. The van der Waals surface area contributed by atoms with Gasteiger partial charge in [-0.25, -0.2) is 0 Å². The Morgan fingerprint density at radius 3 is 2.68 bits per heavy atom. The molecule has 0 aliphatic rings. The number of aromatic nitrogens is 3. The molecule has 0 spiro atoms. The van der Waals surface area contributed by atoms with Crippen LogP contribution >= 0.6 is 11.6 Å². The van der Waals surface area contributed by atoms with Gasteiger partial charge >= 0.3 is 0 Å². The molecule has 1 amide bonds. The van der Waals surface area contributed by atoms with E-state index in [0.717, 1.165) is 5.56 Å². The number of aryl methyl sites for hydroxylation is 1. The van der Waals surface area contributed by atoms with Gasteiger partial charge in [0.2, 0.25) is 17.5 Å². The molecule has 0 aliphatic heterocycles. The highest BCUT2D eigenvalue weighted by Gasteiger charge is 2.14. The van der Waals surface area contributed by atoms with Gasteiger partial charge in [0.25, 0.3) is 5.91 Å². The molecule has 7 nitrogen and oxygen atoms in total. The minimum Gasteiger partial charge on any atom is -0.351 e. The van der Waals surface area contributed by atoms with E-state index in [1.54, 1.807) is 37.3 Å². The van der Waals surface area contributed by atoms with Gasteiger partial charge in [0.1, 0.15) is 0 Å². The topological polar surface area (TPSA) is 94.1 Å². The maximum atomic E-state index is 11.8. The summed E-state index contributed by atoms with van der Waals surface area (Å²) in [7, 11) is 0. The number of carbonyl (C=O) groups excluding carboxylic acids is 1. The second kappa shape index (κ2) is 5.98. The van der Waals surface area contributed by atoms with Crippen LogP contribution in [0.4, 0.5) is 0 Å². The van der Waals surface area contributed by atoms with Crippen molar-refractivity contribution in [3.05, 3.63) is 52.7 Å². The lowest BCUT2D eigenvalue weighted by Crippen LogP contribution is -2.22. The van der Waals surface area contributed by atoms with Crippen LogP contribution in [0.2, 0.25) is 5.02 Å². The molecule has 0 saturated heterocycles. The molecule has 0 aliphatic carbocycles. The van der Waals surface area contributed by atoms with Crippen molar-refractivity contribution in [2.24, 2.45) is 0 Å². The summed E-state index contributed by atoms with van der Waals surface area (Å²) >= 11 is 5.82. The molecule has 1 N–H and O–H groups in total. The number of amides is 1. The van der Waals surface area contributed by atoms with E-state index in [9.17, 15) is 4.79 Å². The van der Waals surface area contributed by atoms with E-state index in [4.69, 9.17) is 20.6 Å². The van der Waals surface area contributed by atoms with Crippen LogP contribution in [0.5, 0.6) is 0 Å². The fraction of sp³-hybridized carbons (Fsp3) is 0.143. The second-order valence-corrected chi connectivity index (χ2v) is 4.97. The van der Waals surface area contributed by atoms with Crippen LogP contribution in [0.1, 0.15) is 22.1 Å². The zero-order valence-electron chi connectivity index (χ0n) is 11.5. The largest absolute Gasteiger partial charge is 0.351 e. The fourth-order valence-corrected chi connectivity index (χ4v) is 1.88. The average molecular weight is 319 g/mol. The Hall–Kier alpha value is -2.67. The van der Waals surface area contributed by atoms with Crippen molar-refractivity contribution in [2.45, 2.75) is 13.5 Å². The van der Waals surface area contributed by atoms with Gasteiger partial charge in [0, 0.05) is 16.7 Å². The molecule has 0 atom stereocenters. The first kappa shape index (κ1) is 14.3. The third-order valence-corrected chi connectivity index (χ3v) is 3.07. The minimum atomic E-state index is -0.396. The molecule has 0 bridgehead atoms. The predicted octanol–water partition coefficient (Wildman–Crippen LogP) is 2.62. The van der Waals surface area contributed by atoms with E-state index < -0.39 is 5.91 Å². The summed E-state index contributed by atoms with van der Waals surface area (Å²) in [6, 6.07) is 8.59. The zero-order valence-corrected chi connectivity index (χ0v) is 12.3. The van der Waals surface area contributed by atoms with Crippen molar-refractivity contribution in [1.29, 1.82) is 0 Å². The molecule has 0 unspecified atom stereocenters. The Morgan fingerprint density at radius 1 is 1.23 bits per heavy atom. The first-order valence-electron chi connectivity index (χ1n) is 6.42. The maximum absolute atomic E-state index is 11.8. The molecule has 22 heavy (non-hydrogen) atoms. The quantitative estimate of drug-likeness (QED) is 0.794. The van der Waals surface area contributed by atoms with Crippen LogP contribution in [0.15, 0.2) is 39.4 Å². The van der Waals surface area contributed by atoms with Crippen LogP contribution in [-0.4, -0.2) is 21.2 Å². The molecule has 112 valence electrons. The number of hydrogen-bond donors (Lipinski definition) is 1. The molecular formula is C14H11ClN4O3. The Labute approximate surface area is 130 Å². The lowest BCUT2D eigenvalue weighted by molar-refractivity contribution is 0.0909. The molecule has 0 radical (unpaired) electrons. The molecule has 3 aromatic rings. The van der Waals surface area contributed by atoms with Crippen molar-refractivity contribution in [3.63, 3.8) is 0 Å². The molecule has 2 heterocycles. The average Bonchev–Trinajstić information content (AvgIpc) is 3.15. The Balaban J connectivity index is 1.64. The van der Waals surface area contributed by atoms with Crippen molar-refractivity contribution in [3.8, 4) is 11.4 Å². The van der Waals surface area contributed by atoms with Gasteiger partial charge in [0.15, 0.2) is 0 Å². The maximum Gasteiger partial charge on any atom is 0.290 e. The highest BCUT2D eigenvalue weighted by molar-refractivity contribution is 6.30. The number of halogens is 1. The van der Waals surface area contributed by atoms with E-state index in [-0.39, 0.29) is 18.2 Å². The predicted molar refractivity (Wildman–Crippen MR) is 77.2 cm³/mol. The Kier molecular flexibility index (Phi) is 3.88. The van der Waals surface area contributed by atoms with E-state index in [2.05, 4.69) is 20.6 Å². The van der Waals surface area contributed by atoms with Gasteiger partial charge in [-0.2, -0.15) is 4.98 Å². The lowest BCUT2D eigenvalue weighted by atomic mass is 10.2. The monoisotopic (exact) mass is 318 g/mol. The van der Waals surface area contributed by atoms with Crippen LogP contribution in [-0.2, 0) is 6.54 Å². The standard InChI is InChI=1S/C14H11ClN4O3/c1-8-6-11(21-18-8)14(20)16-7-12-17-13(19-22-12)9-2-4-10(15)5-3-9/h2-6H,7H2,1H3,(H,16,20). The number of rotatable bonds is 4. The third kappa shape index (κ3) is 3.15.